The fourth-order valence-corrected chi connectivity index (χ4v) is 10.5. The van der Waals surface area contributed by atoms with E-state index in [1.165, 1.54) is 77.4 Å². The molecule has 1 heterocycles. The molecule has 1 atom stereocenters. The number of rotatable bonds is 7. The molecule has 63 heavy (non-hydrogen) atoms. The average molecular weight is 803 g/mol. The maximum Gasteiger partial charge on any atom is 0.0734 e. The molecule has 0 aliphatic heterocycles. The Labute approximate surface area is 368 Å². The maximum absolute atomic E-state index is 2.48. The highest BCUT2D eigenvalue weighted by molar-refractivity contribution is 6.11. The van der Waals surface area contributed by atoms with E-state index < -0.39 is 5.41 Å². The summed E-state index contributed by atoms with van der Waals surface area (Å²) in [6.45, 7) is 0. The predicted octanol–water partition coefficient (Wildman–Crippen LogP) is 16.0. The second kappa shape index (κ2) is 15.1. The van der Waals surface area contributed by atoms with Gasteiger partial charge in [0.15, 0.2) is 0 Å². The van der Waals surface area contributed by atoms with Gasteiger partial charge in [0.05, 0.1) is 22.1 Å². The normalized spacial score (nSPS) is 14.1. The van der Waals surface area contributed by atoms with Gasteiger partial charge in [-0.05, 0) is 110 Å². The largest absolute Gasteiger partial charge is 0.310 e. The summed E-state index contributed by atoms with van der Waals surface area (Å²) in [5.74, 6) is 0. The van der Waals surface area contributed by atoms with Gasteiger partial charge in [0.2, 0.25) is 0 Å². The number of fused-ring (bicyclic) bond motifs is 9. The monoisotopic (exact) mass is 802 g/mol. The number of aromatic nitrogens is 1. The van der Waals surface area contributed by atoms with Crippen molar-refractivity contribution in [1.82, 2.24) is 4.57 Å². The topological polar surface area (TPSA) is 8.17 Å². The summed E-state index contributed by atoms with van der Waals surface area (Å²) in [5.41, 5.74) is 18.2. The van der Waals surface area contributed by atoms with Gasteiger partial charge >= 0.3 is 0 Å². The fraction of sp³-hybridized carbons (Fsp3) is 0.0164. The number of anilines is 3. The van der Waals surface area contributed by atoms with E-state index in [4.69, 9.17) is 0 Å². The SMILES string of the molecule is c1ccc(-c2c3cccc2C(c2ccccc2)(c2ccccc2N(c2ccccc2)c2ccc4c(c2)c2ccccc2n4-c2ccccc2)c2ccccc2-c2ccccc2-3)cc1. The van der Waals surface area contributed by atoms with E-state index in [2.05, 4.69) is 264 Å². The van der Waals surface area contributed by atoms with E-state index in [1.807, 2.05) is 0 Å². The Balaban J connectivity index is 1.22. The first kappa shape index (κ1) is 36.6. The highest BCUT2D eigenvalue weighted by Gasteiger charge is 2.45. The maximum atomic E-state index is 2.48. The quantitative estimate of drug-likeness (QED) is 0.156. The van der Waals surface area contributed by atoms with Crippen molar-refractivity contribution in [2.24, 2.45) is 0 Å². The minimum atomic E-state index is -0.788. The van der Waals surface area contributed by atoms with Gasteiger partial charge in [-0.25, -0.2) is 0 Å². The van der Waals surface area contributed by atoms with Crippen molar-refractivity contribution in [3.8, 4) is 39.1 Å². The molecule has 0 saturated heterocycles. The van der Waals surface area contributed by atoms with Gasteiger partial charge in [-0.2, -0.15) is 0 Å². The lowest BCUT2D eigenvalue weighted by molar-refractivity contribution is 0.748. The summed E-state index contributed by atoms with van der Waals surface area (Å²) < 4.78 is 2.39. The molecule has 296 valence electrons. The van der Waals surface area contributed by atoms with Crippen LogP contribution < -0.4 is 4.90 Å². The van der Waals surface area contributed by atoms with E-state index in [0.29, 0.717) is 0 Å². The van der Waals surface area contributed by atoms with Crippen LogP contribution in [0.3, 0.4) is 0 Å². The van der Waals surface area contributed by atoms with Crippen LogP contribution in [0.5, 0.6) is 0 Å². The third-order valence-corrected chi connectivity index (χ3v) is 13.1. The number of benzene rings is 10. The molecule has 0 radical (unpaired) electrons. The van der Waals surface area contributed by atoms with Crippen LogP contribution in [0.2, 0.25) is 0 Å². The Hall–Kier alpha value is -8.20. The summed E-state index contributed by atoms with van der Waals surface area (Å²) in [7, 11) is 0. The summed E-state index contributed by atoms with van der Waals surface area (Å²) in [6.07, 6.45) is 0. The predicted molar refractivity (Wildman–Crippen MR) is 264 cm³/mol. The van der Waals surface area contributed by atoms with Crippen molar-refractivity contribution in [2.45, 2.75) is 5.41 Å². The van der Waals surface area contributed by atoms with Gasteiger partial charge < -0.3 is 9.47 Å². The summed E-state index contributed by atoms with van der Waals surface area (Å²) >= 11 is 0. The summed E-state index contributed by atoms with van der Waals surface area (Å²) in [5, 5.41) is 2.42. The Morgan fingerprint density at radius 3 is 1.63 bits per heavy atom. The zero-order valence-corrected chi connectivity index (χ0v) is 34.6. The van der Waals surface area contributed by atoms with Crippen molar-refractivity contribution < 1.29 is 0 Å². The highest BCUT2D eigenvalue weighted by Crippen LogP contribution is 2.58. The van der Waals surface area contributed by atoms with Crippen LogP contribution >= 0.6 is 0 Å². The molecule has 2 heteroatoms. The molecule has 0 spiro atoms. The first-order valence-electron chi connectivity index (χ1n) is 21.8. The van der Waals surface area contributed by atoms with Gasteiger partial charge in [0.25, 0.3) is 0 Å². The van der Waals surface area contributed by atoms with E-state index >= 15 is 0 Å². The highest BCUT2D eigenvalue weighted by atomic mass is 15.1. The lowest BCUT2D eigenvalue weighted by Gasteiger charge is -2.43. The Bertz CT molecular complexity index is 3440. The molecule has 2 bridgehead atoms. The van der Waals surface area contributed by atoms with Gasteiger partial charge in [-0.3, -0.25) is 0 Å². The lowest BCUT2D eigenvalue weighted by Crippen LogP contribution is -2.34. The molecule has 0 amide bonds. The van der Waals surface area contributed by atoms with Crippen LogP contribution in [-0.4, -0.2) is 4.57 Å². The second-order valence-corrected chi connectivity index (χ2v) is 16.4. The zero-order valence-electron chi connectivity index (χ0n) is 34.6. The van der Waals surface area contributed by atoms with Crippen LogP contribution in [0.25, 0.3) is 60.9 Å². The van der Waals surface area contributed by atoms with Gasteiger partial charge in [-0.15, -0.1) is 0 Å². The molecule has 11 aromatic rings. The van der Waals surface area contributed by atoms with Crippen molar-refractivity contribution in [3.63, 3.8) is 0 Å². The van der Waals surface area contributed by atoms with E-state index in [-0.39, 0.29) is 0 Å². The van der Waals surface area contributed by atoms with Crippen LogP contribution in [0.15, 0.2) is 255 Å². The third-order valence-electron chi connectivity index (χ3n) is 13.1. The molecular formula is C61H42N2. The number of para-hydroxylation sites is 4. The molecule has 0 saturated carbocycles. The van der Waals surface area contributed by atoms with Crippen LogP contribution in [0.1, 0.15) is 22.3 Å². The lowest BCUT2D eigenvalue weighted by atomic mass is 9.60. The summed E-state index contributed by atoms with van der Waals surface area (Å²) in [6, 6.07) is 93.8. The minimum absolute atomic E-state index is 0.788. The van der Waals surface area contributed by atoms with Gasteiger partial charge in [0, 0.05) is 27.8 Å². The first-order valence-corrected chi connectivity index (χ1v) is 21.8. The van der Waals surface area contributed by atoms with E-state index in [9.17, 15) is 0 Å². The molecule has 1 aliphatic carbocycles. The molecule has 0 N–H and O–H groups in total. The van der Waals surface area contributed by atoms with E-state index in [0.717, 1.165) is 22.7 Å². The molecule has 1 aromatic heterocycles. The smallest absolute Gasteiger partial charge is 0.0734 e. The average Bonchev–Trinajstić information content (AvgIpc) is 3.69. The Morgan fingerprint density at radius 2 is 0.873 bits per heavy atom. The van der Waals surface area contributed by atoms with Gasteiger partial charge in [-0.1, -0.05) is 200 Å². The molecular weight excluding hydrogens is 761 g/mol. The number of hydrogen-bond donors (Lipinski definition) is 0. The molecule has 10 aromatic carbocycles. The first-order chi connectivity index (χ1) is 31.3. The van der Waals surface area contributed by atoms with Crippen LogP contribution in [0.4, 0.5) is 17.1 Å². The Morgan fingerprint density at radius 1 is 0.333 bits per heavy atom. The molecule has 1 aliphatic rings. The number of nitrogens with zero attached hydrogens (tertiary/aromatic N) is 2. The standard InChI is InChI=1S/C61H42N2/c1-5-22-43(23-6-1)60-52-34-21-37-56(60)61(44-24-7-2-8-25-44,54-35-17-15-32-50(54)48-30-13-14-31-49(48)52)55-36-18-20-39-59(55)62(45-26-9-3-10-27-45)47-40-41-58-53(42-47)51-33-16-19-38-57(51)63(58)46-28-11-4-12-29-46/h1-42H. The van der Waals surface area contributed by atoms with Crippen molar-refractivity contribution in [2.75, 3.05) is 4.90 Å². The fourth-order valence-electron chi connectivity index (χ4n) is 10.5. The van der Waals surface area contributed by atoms with Crippen molar-refractivity contribution in [3.05, 3.63) is 277 Å². The molecule has 1 unspecified atom stereocenters. The van der Waals surface area contributed by atoms with E-state index in [1.54, 1.807) is 0 Å². The van der Waals surface area contributed by atoms with Crippen molar-refractivity contribution in [1.29, 1.82) is 0 Å². The molecule has 2 nitrogen and oxygen atoms in total. The third kappa shape index (κ3) is 5.72. The Kier molecular flexibility index (Phi) is 8.76. The van der Waals surface area contributed by atoms with Crippen molar-refractivity contribution >= 4 is 38.9 Å². The van der Waals surface area contributed by atoms with Crippen LogP contribution in [-0.2, 0) is 5.41 Å². The second-order valence-electron chi connectivity index (χ2n) is 16.4. The summed E-state index contributed by atoms with van der Waals surface area (Å²) in [4.78, 5) is 2.48. The zero-order chi connectivity index (χ0) is 41.7. The van der Waals surface area contributed by atoms with Gasteiger partial charge in [0.1, 0.15) is 0 Å². The van der Waals surface area contributed by atoms with Crippen LogP contribution in [0, 0.1) is 0 Å². The molecule has 12 rings (SSSR count). The minimum Gasteiger partial charge on any atom is -0.310 e. The number of hydrogen-bond acceptors (Lipinski definition) is 1. The molecule has 0 fully saturated rings.